The summed E-state index contributed by atoms with van der Waals surface area (Å²) in [6, 6.07) is 20.0. The van der Waals surface area contributed by atoms with Gasteiger partial charge >= 0.3 is 0 Å². The van der Waals surface area contributed by atoms with Crippen molar-refractivity contribution in [2.75, 3.05) is 37.8 Å². The van der Waals surface area contributed by atoms with E-state index in [2.05, 4.69) is 31.6 Å². The normalized spacial score (nSPS) is 10.4. The highest BCUT2D eigenvalue weighted by Crippen LogP contribution is 2.19. The zero-order valence-electron chi connectivity index (χ0n) is 16.4. The predicted molar refractivity (Wildman–Crippen MR) is 114 cm³/mol. The second kappa shape index (κ2) is 9.44. The summed E-state index contributed by atoms with van der Waals surface area (Å²) in [6.07, 6.45) is 0. The summed E-state index contributed by atoms with van der Waals surface area (Å²) in [6.45, 7) is 1.51. The Morgan fingerprint density at radius 2 is 1.86 bits per heavy atom. The average Bonchev–Trinajstić information content (AvgIpc) is 2.74. The number of aromatic nitrogens is 2. The third kappa shape index (κ3) is 5.61. The lowest BCUT2D eigenvalue weighted by Gasteiger charge is -2.13. The topological polar surface area (TPSA) is 93.9 Å². The maximum atomic E-state index is 12.8. The van der Waals surface area contributed by atoms with E-state index >= 15 is 0 Å². The van der Waals surface area contributed by atoms with E-state index in [1.54, 1.807) is 30.3 Å². The van der Waals surface area contributed by atoms with E-state index in [1.165, 1.54) is 0 Å². The minimum absolute atomic E-state index is 0.244. The maximum Gasteiger partial charge on any atom is 0.274 e. The SMILES string of the molecule is CN(C)CCNc1cc(C(=O)Nc2cccc(C#N)c2)nc(-c2ccccc2)n1. The number of nitriles is 1. The van der Waals surface area contributed by atoms with E-state index < -0.39 is 0 Å². The monoisotopic (exact) mass is 386 g/mol. The first-order valence-corrected chi connectivity index (χ1v) is 9.20. The van der Waals surface area contributed by atoms with Crippen molar-refractivity contribution in [1.82, 2.24) is 14.9 Å². The van der Waals surface area contributed by atoms with Crippen LogP contribution in [-0.2, 0) is 0 Å². The zero-order valence-corrected chi connectivity index (χ0v) is 16.4. The molecule has 0 fully saturated rings. The van der Waals surface area contributed by atoms with Gasteiger partial charge < -0.3 is 15.5 Å². The second-order valence-electron chi connectivity index (χ2n) is 6.70. The first kappa shape index (κ1) is 20.0. The van der Waals surface area contributed by atoms with Crippen LogP contribution in [0.2, 0.25) is 0 Å². The quantitative estimate of drug-likeness (QED) is 0.647. The fraction of sp³-hybridized carbons (Fsp3) is 0.182. The van der Waals surface area contributed by atoms with Gasteiger partial charge in [-0.05, 0) is 32.3 Å². The third-order valence-corrected chi connectivity index (χ3v) is 4.11. The van der Waals surface area contributed by atoms with Crippen molar-refractivity contribution in [1.29, 1.82) is 5.26 Å². The van der Waals surface area contributed by atoms with Crippen LogP contribution in [0.1, 0.15) is 16.1 Å². The summed E-state index contributed by atoms with van der Waals surface area (Å²) >= 11 is 0. The summed E-state index contributed by atoms with van der Waals surface area (Å²) in [5.74, 6) is 0.684. The summed E-state index contributed by atoms with van der Waals surface area (Å²) in [4.78, 5) is 23.9. The molecule has 0 saturated heterocycles. The number of likely N-dealkylation sites (N-methyl/N-ethyl adjacent to an activating group) is 1. The highest BCUT2D eigenvalue weighted by atomic mass is 16.1. The van der Waals surface area contributed by atoms with Crippen molar-refractivity contribution in [3.63, 3.8) is 0 Å². The Morgan fingerprint density at radius 3 is 2.59 bits per heavy atom. The molecule has 7 heteroatoms. The van der Waals surface area contributed by atoms with Crippen molar-refractivity contribution in [3.05, 3.63) is 71.9 Å². The number of anilines is 2. The van der Waals surface area contributed by atoms with E-state index in [4.69, 9.17) is 5.26 Å². The van der Waals surface area contributed by atoms with Crippen LogP contribution in [0.15, 0.2) is 60.7 Å². The van der Waals surface area contributed by atoms with Gasteiger partial charge in [-0.2, -0.15) is 5.26 Å². The molecule has 2 N–H and O–H groups in total. The van der Waals surface area contributed by atoms with Crippen LogP contribution in [0.25, 0.3) is 11.4 Å². The average molecular weight is 386 g/mol. The zero-order chi connectivity index (χ0) is 20.6. The lowest BCUT2D eigenvalue weighted by Crippen LogP contribution is -2.22. The maximum absolute atomic E-state index is 12.8. The second-order valence-corrected chi connectivity index (χ2v) is 6.70. The third-order valence-electron chi connectivity index (χ3n) is 4.11. The Kier molecular flexibility index (Phi) is 6.51. The molecule has 1 amide bonds. The molecule has 1 heterocycles. The molecular formula is C22H22N6O. The Labute approximate surface area is 170 Å². The van der Waals surface area contributed by atoms with Crippen molar-refractivity contribution in [2.24, 2.45) is 0 Å². The van der Waals surface area contributed by atoms with E-state index in [0.717, 1.165) is 12.1 Å². The Morgan fingerprint density at radius 1 is 1.07 bits per heavy atom. The number of nitrogens with one attached hydrogen (secondary N) is 2. The molecule has 0 bridgehead atoms. The molecule has 146 valence electrons. The molecular weight excluding hydrogens is 364 g/mol. The van der Waals surface area contributed by atoms with Crippen LogP contribution in [0.4, 0.5) is 11.5 Å². The van der Waals surface area contributed by atoms with Crippen molar-refractivity contribution in [2.45, 2.75) is 0 Å². The van der Waals surface area contributed by atoms with Crippen LogP contribution >= 0.6 is 0 Å². The van der Waals surface area contributed by atoms with Gasteiger partial charge in [0.25, 0.3) is 5.91 Å². The Bertz CT molecular complexity index is 1030. The van der Waals surface area contributed by atoms with Crippen molar-refractivity contribution < 1.29 is 4.79 Å². The number of rotatable bonds is 7. The van der Waals surface area contributed by atoms with Gasteiger partial charge in [0.1, 0.15) is 11.5 Å². The fourth-order valence-electron chi connectivity index (χ4n) is 2.64. The van der Waals surface area contributed by atoms with Gasteiger partial charge in [0.05, 0.1) is 11.6 Å². The highest BCUT2D eigenvalue weighted by molar-refractivity contribution is 6.03. The molecule has 1 aromatic heterocycles. The lowest BCUT2D eigenvalue weighted by molar-refractivity contribution is 0.102. The van der Waals surface area contributed by atoms with Crippen LogP contribution in [0, 0.1) is 11.3 Å². The summed E-state index contributed by atoms with van der Waals surface area (Å²) < 4.78 is 0. The number of hydrogen-bond acceptors (Lipinski definition) is 6. The van der Waals surface area contributed by atoms with Gasteiger partial charge in [-0.1, -0.05) is 36.4 Å². The largest absolute Gasteiger partial charge is 0.369 e. The van der Waals surface area contributed by atoms with Crippen molar-refractivity contribution in [3.8, 4) is 17.5 Å². The van der Waals surface area contributed by atoms with Gasteiger partial charge in [-0.15, -0.1) is 0 Å². The smallest absolute Gasteiger partial charge is 0.274 e. The molecule has 29 heavy (non-hydrogen) atoms. The van der Waals surface area contributed by atoms with Gasteiger partial charge in [0.15, 0.2) is 5.82 Å². The van der Waals surface area contributed by atoms with E-state index in [9.17, 15) is 4.79 Å². The minimum Gasteiger partial charge on any atom is -0.369 e. The number of nitrogens with zero attached hydrogens (tertiary/aromatic N) is 4. The van der Waals surface area contributed by atoms with E-state index in [1.807, 2.05) is 44.4 Å². The number of amides is 1. The minimum atomic E-state index is -0.365. The summed E-state index contributed by atoms with van der Waals surface area (Å²) in [5.41, 5.74) is 2.08. The van der Waals surface area contributed by atoms with E-state index in [0.29, 0.717) is 29.4 Å². The van der Waals surface area contributed by atoms with Crippen molar-refractivity contribution >= 4 is 17.4 Å². The van der Waals surface area contributed by atoms with Crippen LogP contribution < -0.4 is 10.6 Å². The molecule has 0 radical (unpaired) electrons. The predicted octanol–water partition coefficient (Wildman–Crippen LogP) is 3.24. The molecule has 7 nitrogen and oxygen atoms in total. The summed E-state index contributed by atoms with van der Waals surface area (Å²) in [7, 11) is 3.98. The van der Waals surface area contributed by atoms with Gasteiger partial charge in [-0.3, -0.25) is 4.79 Å². The van der Waals surface area contributed by atoms with Gasteiger partial charge in [-0.25, -0.2) is 9.97 Å². The molecule has 0 unspecified atom stereocenters. The van der Waals surface area contributed by atoms with E-state index in [-0.39, 0.29) is 11.6 Å². The number of benzene rings is 2. The molecule has 0 saturated carbocycles. The Hall–Kier alpha value is -3.76. The number of carbonyl (C=O) groups is 1. The molecule has 0 aliphatic heterocycles. The van der Waals surface area contributed by atoms with Crippen LogP contribution in [0.5, 0.6) is 0 Å². The molecule has 0 aliphatic carbocycles. The first-order chi connectivity index (χ1) is 14.0. The highest BCUT2D eigenvalue weighted by Gasteiger charge is 2.14. The molecule has 2 aromatic carbocycles. The number of hydrogen-bond donors (Lipinski definition) is 2. The molecule has 3 rings (SSSR count). The molecule has 0 atom stereocenters. The fourth-order valence-corrected chi connectivity index (χ4v) is 2.64. The molecule has 0 aliphatic rings. The first-order valence-electron chi connectivity index (χ1n) is 9.20. The summed E-state index contributed by atoms with van der Waals surface area (Å²) in [5, 5.41) is 15.1. The standard InChI is InChI=1S/C22H22N6O/c1-28(2)12-11-24-20-14-19(26-21(27-20)17-8-4-3-5-9-17)22(29)25-18-10-6-7-16(13-18)15-23/h3-10,13-14H,11-12H2,1-2H3,(H,25,29)(H,24,26,27). The van der Waals surface area contributed by atoms with Gasteiger partial charge in [0.2, 0.25) is 0 Å². The van der Waals surface area contributed by atoms with Gasteiger partial charge in [0, 0.05) is 30.4 Å². The van der Waals surface area contributed by atoms with Crippen LogP contribution in [0.3, 0.4) is 0 Å². The Balaban J connectivity index is 1.89. The van der Waals surface area contributed by atoms with Crippen LogP contribution in [-0.4, -0.2) is 48.0 Å². The number of carbonyl (C=O) groups excluding carboxylic acids is 1. The lowest BCUT2D eigenvalue weighted by atomic mass is 10.2. The molecule has 0 spiro atoms. The molecule has 3 aromatic rings.